The van der Waals surface area contributed by atoms with E-state index >= 15 is 0 Å². The minimum Gasteiger partial charge on any atom is -0.496 e. The number of allylic oxidation sites excluding steroid dienone is 1. The SMILES string of the molecule is COc1cc(CC(C)C)ccc1COc1ccc2c(c1)CCC(CN1CCN(CCc3ccccc3)CC1)=C2C. The highest BCUT2D eigenvalue weighted by molar-refractivity contribution is 5.72. The third-order valence-electron chi connectivity index (χ3n) is 8.54. The molecule has 5 rings (SSSR count). The zero-order valence-electron chi connectivity index (χ0n) is 24.9. The van der Waals surface area contributed by atoms with Gasteiger partial charge in [0.15, 0.2) is 0 Å². The number of aryl methyl sites for hydroxylation is 1. The van der Waals surface area contributed by atoms with Crippen LogP contribution in [0.3, 0.4) is 0 Å². The summed E-state index contributed by atoms with van der Waals surface area (Å²) in [4.78, 5) is 5.28. The normalized spacial score (nSPS) is 16.3. The zero-order chi connectivity index (χ0) is 27.9. The molecule has 3 aromatic rings. The molecule has 1 aliphatic carbocycles. The predicted octanol–water partition coefficient (Wildman–Crippen LogP) is 7.05. The molecular weight excluding hydrogens is 492 g/mol. The van der Waals surface area contributed by atoms with Gasteiger partial charge in [-0.1, -0.05) is 68.0 Å². The highest BCUT2D eigenvalue weighted by Gasteiger charge is 2.22. The van der Waals surface area contributed by atoms with Gasteiger partial charge in [0, 0.05) is 44.8 Å². The van der Waals surface area contributed by atoms with Crippen molar-refractivity contribution in [3.05, 3.63) is 100 Å². The maximum Gasteiger partial charge on any atom is 0.125 e. The second kappa shape index (κ2) is 13.5. The van der Waals surface area contributed by atoms with E-state index in [0.717, 1.165) is 68.9 Å². The van der Waals surface area contributed by atoms with E-state index < -0.39 is 0 Å². The fourth-order valence-corrected chi connectivity index (χ4v) is 6.13. The van der Waals surface area contributed by atoms with E-state index in [1.807, 2.05) is 0 Å². The molecule has 2 aliphatic rings. The lowest BCUT2D eigenvalue weighted by molar-refractivity contribution is 0.141. The van der Waals surface area contributed by atoms with Crippen molar-refractivity contribution in [2.24, 2.45) is 5.92 Å². The molecule has 0 aromatic heterocycles. The van der Waals surface area contributed by atoms with E-state index in [9.17, 15) is 0 Å². The minimum absolute atomic E-state index is 0.515. The maximum atomic E-state index is 6.25. The lowest BCUT2D eigenvalue weighted by atomic mass is 9.86. The van der Waals surface area contributed by atoms with E-state index in [1.165, 1.54) is 40.9 Å². The lowest BCUT2D eigenvalue weighted by Crippen LogP contribution is -2.47. The second-order valence-electron chi connectivity index (χ2n) is 11.9. The molecule has 0 amide bonds. The highest BCUT2D eigenvalue weighted by atomic mass is 16.5. The Morgan fingerprint density at radius 2 is 1.60 bits per heavy atom. The van der Waals surface area contributed by atoms with Crippen molar-refractivity contribution in [3.8, 4) is 11.5 Å². The van der Waals surface area contributed by atoms with Gasteiger partial charge in [-0.05, 0) is 84.6 Å². The topological polar surface area (TPSA) is 24.9 Å². The Morgan fingerprint density at radius 1 is 0.825 bits per heavy atom. The summed E-state index contributed by atoms with van der Waals surface area (Å²) in [6.45, 7) is 14.2. The van der Waals surface area contributed by atoms with Crippen LogP contribution in [0.4, 0.5) is 0 Å². The molecule has 0 radical (unpaired) electrons. The van der Waals surface area contributed by atoms with Crippen molar-refractivity contribution < 1.29 is 9.47 Å². The molecule has 0 bridgehead atoms. The minimum atomic E-state index is 0.515. The Balaban J connectivity index is 1.14. The van der Waals surface area contributed by atoms with Gasteiger partial charge in [0.2, 0.25) is 0 Å². The molecule has 212 valence electrons. The molecular formula is C36H46N2O2. The average Bonchev–Trinajstić information content (AvgIpc) is 2.97. The first-order valence-electron chi connectivity index (χ1n) is 15.1. The molecule has 40 heavy (non-hydrogen) atoms. The van der Waals surface area contributed by atoms with Crippen LogP contribution < -0.4 is 9.47 Å². The van der Waals surface area contributed by atoms with Crippen LogP contribution in [0.15, 0.2) is 72.3 Å². The predicted molar refractivity (Wildman–Crippen MR) is 166 cm³/mol. The van der Waals surface area contributed by atoms with Crippen molar-refractivity contribution in [1.29, 1.82) is 0 Å². The van der Waals surface area contributed by atoms with E-state index in [1.54, 1.807) is 12.7 Å². The van der Waals surface area contributed by atoms with Gasteiger partial charge in [0.1, 0.15) is 18.1 Å². The first kappa shape index (κ1) is 28.4. The Morgan fingerprint density at radius 3 is 2.35 bits per heavy atom. The summed E-state index contributed by atoms with van der Waals surface area (Å²) >= 11 is 0. The molecule has 1 fully saturated rings. The monoisotopic (exact) mass is 538 g/mol. The second-order valence-corrected chi connectivity index (χ2v) is 11.9. The van der Waals surface area contributed by atoms with Crippen LogP contribution in [0, 0.1) is 5.92 Å². The number of hydrogen-bond donors (Lipinski definition) is 0. The molecule has 1 aliphatic heterocycles. The summed E-state index contributed by atoms with van der Waals surface area (Å²) in [7, 11) is 1.75. The number of hydrogen-bond acceptors (Lipinski definition) is 4. The van der Waals surface area contributed by atoms with E-state index in [0.29, 0.717) is 12.5 Å². The van der Waals surface area contributed by atoms with Crippen LogP contribution in [0.5, 0.6) is 11.5 Å². The Bertz CT molecular complexity index is 1290. The van der Waals surface area contributed by atoms with Crippen LogP contribution in [-0.2, 0) is 25.9 Å². The molecule has 4 heteroatoms. The number of rotatable bonds is 11. The summed E-state index contributed by atoms with van der Waals surface area (Å²) in [5.41, 5.74) is 9.70. The van der Waals surface area contributed by atoms with Gasteiger partial charge in [0.25, 0.3) is 0 Å². The smallest absolute Gasteiger partial charge is 0.125 e. The summed E-state index contributed by atoms with van der Waals surface area (Å²) in [5, 5.41) is 0. The number of methoxy groups -OCH3 is 1. The van der Waals surface area contributed by atoms with E-state index in [-0.39, 0.29) is 0 Å². The number of nitrogens with zero attached hydrogens (tertiary/aromatic N) is 2. The largest absolute Gasteiger partial charge is 0.496 e. The van der Waals surface area contributed by atoms with Crippen molar-refractivity contribution in [2.75, 3.05) is 46.4 Å². The van der Waals surface area contributed by atoms with E-state index in [2.05, 4.69) is 97.3 Å². The van der Waals surface area contributed by atoms with Gasteiger partial charge in [-0.2, -0.15) is 0 Å². The molecule has 0 spiro atoms. The van der Waals surface area contributed by atoms with Crippen LogP contribution in [0.25, 0.3) is 5.57 Å². The molecule has 0 unspecified atom stereocenters. The first-order chi connectivity index (χ1) is 19.5. The number of ether oxygens (including phenoxy) is 2. The molecule has 0 atom stereocenters. The number of piperazine rings is 1. The Labute approximate surface area is 241 Å². The molecule has 1 heterocycles. The Kier molecular flexibility index (Phi) is 9.62. The highest BCUT2D eigenvalue weighted by Crippen LogP contribution is 2.34. The van der Waals surface area contributed by atoms with Gasteiger partial charge in [-0.3, -0.25) is 4.90 Å². The van der Waals surface area contributed by atoms with Gasteiger partial charge in [-0.15, -0.1) is 0 Å². The fourth-order valence-electron chi connectivity index (χ4n) is 6.13. The van der Waals surface area contributed by atoms with Crippen molar-refractivity contribution in [2.45, 2.75) is 53.1 Å². The van der Waals surface area contributed by atoms with Crippen LogP contribution in [-0.4, -0.2) is 56.2 Å². The van der Waals surface area contributed by atoms with Gasteiger partial charge in [-0.25, -0.2) is 0 Å². The standard InChI is InChI=1S/C36H46N2O2/c1-27(2)22-30-10-11-33(36(23-30)39-4)26-40-34-14-15-35-28(3)32(13-12-31(35)24-34)25-38-20-18-37(19-21-38)17-16-29-8-6-5-7-9-29/h5-11,14-15,23-24,27H,12-13,16-22,25-26H2,1-4H3. The third-order valence-corrected chi connectivity index (χ3v) is 8.54. The van der Waals surface area contributed by atoms with Crippen molar-refractivity contribution in [1.82, 2.24) is 9.80 Å². The van der Waals surface area contributed by atoms with Crippen molar-refractivity contribution >= 4 is 5.57 Å². The van der Waals surface area contributed by atoms with Crippen LogP contribution in [0.1, 0.15) is 55.0 Å². The van der Waals surface area contributed by atoms with Crippen LogP contribution >= 0.6 is 0 Å². The van der Waals surface area contributed by atoms with Crippen molar-refractivity contribution in [3.63, 3.8) is 0 Å². The lowest BCUT2D eigenvalue weighted by Gasteiger charge is -2.36. The summed E-state index contributed by atoms with van der Waals surface area (Å²) in [5.74, 6) is 2.48. The van der Waals surface area contributed by atoms with Gasteiger partial charge >= 0.3 is 0 Å². The fraction of sp³-hybridized carbons (Fsp3) is 0.444. The molecule has 0 saturated carbocycles. The maximum absolute atomic E-state index is 6.25. The number of benzene rings is 3. The average molecular weight is 539 g/mol. The number of fused-ring (bicyclic) bond motifs is 1. The summed E-state index contributed by atoms with van der Waals surface area (Å²) in [6.07, 6.45) is 4.43. The Hall–Kier alpha value is -3.08. The molecule has 1 saturated heterocycles. The zero-order valence-corrected chi connectivity index (χ0v) is 24.9. The van der Waals surface area contributed by atoms with Crippen LogP contribution in [0.2, 0.25) is 0 Å². The quantitative estimate of drug-likeness (QED) is 0.261. The molecule has 3 aromatic carbocycles. The summed E-state index contributed by atoms with van der Waals surface area (Å²) < 4.78 is 11.9. The van der Waals surface area contributed by atoms with Gasteiger partial charge < -0.3 is 14.4 Å². The van der Waals surface area contributed by atoms with E-state index in [4.69, 9.17) is 9.47 Å². The van der Waals surface area contributed by atoms with Gasteiger partial charge in [0.05, 0.1) is 7.11 Å². The summed E-state index contributed by atoms with van der Waals surface area (Å²) in [6, 6.07) is 24.0. The first-order valence-corrected chi connectivity index (χ1v) is 15.1. The molecule has 4 nitrogen and oxygen atoms in total. The third kappa shape index (κ3) is 7.35. The molecule has 0 N–H and O–H groups in total.